The predicted molar refractivity (Wildman–Crippen MR) is 67.7 cm³/mol. The van der Waals surface area contributed by atoms with Crippen LogP contribution in [0.3, 0.4) is 0 Å². The maximum atomic E-state index is 11.8. The van der Waals surface area contributed by atoms with E-state index < -0.39 is 11.0 Å². The Labute approximate surface area is 109 Å². The number of non-ortho nitro benzene ring substituents is 1. The molecule has 1 aromatic carbocycles. The number of nitro groups is 1. The number of ether oxygens (including phenoxy) is 1. The second kappa shape index (κ2) is 5.11. The maximum Gasteiger partial charge on any atom is 0.415 e. The summed E-state index contributed by atoms with van der Waals surface area (Å²) in [7, 11) is 0. The molecule has 1 aromatic rings. The smallest absolute Gasteiger partial charge is 0.408 e. The van der Waals surface area contributed by atoms with Gasteiger partial charge in [0.15, 0.2) is 5.75 Å². The van der Waals surface area contributed by atoms with Gasteiger partial charge in [-0.25, -0.2) is 4.79 Å². The number of amides is 1. The number of rotatable bonds is 2. The number of nitrogens with two attached hydrogens (primary N) is 2. The molecular formula is C11H14N4O4. The van der Waals surface area contributed by atoms with Crippen LogP contribution in [-0.2, 0) is 0 Å². The minimum atomic E-state index is -0.597. The van der Waals surface area contributed by atoms with Gasteiger partial charge in [-0.2, -0.15) is 0 Å². The van der Waals surface area contributed by atoms with Crippen LogP contribution >= 0.6 is 0 Å². The Bertz CT molecular complexity index is 519. The summed E-state index contributed by atoms with van der Waals surface area (Å²) in [6.45, 7) is 0.919. The van der Waals surface area contributed by atoms with E-state index in [1.54, 1.807) is 0 Å². The maximum absolute atomic E-state index is 11.8. The Morgan fingerprint density at radius 1 is 1.53 bits per heavy atom. The highest BCUT2D eigenvalue weighted by Gasteiger charge is 2.26. The van der Waals surface area contributed by atoms with Gasteiger partial charge in [0.05, 0.1) is 16.7 Å². The Hall–Kier alpha value is -2.35. The van der Waals surface area contributed by atoms with Crippen molar-refractivity contribution in [3.63, 3.8) is 0 Å². The van der Waals surface area contributed by atoms with Gasteiger partial charge in [-0.1, -0.05) is 0 Å². The molecule has 1 heterocycles. The van der Waals surface area contributed by atoms with Crippen LogP contribution in [-0.4, -0.2) is 35.0 Å². The average Bonchev–Trinajstić information content (AvgIpc) is 2.78. The van der Waals surface area contributed by atoms with Gasteiger partial charge in [-0.15, -0.1) is 0 Å². The molecule has 1 fully saturated rings. The zero-order valence-corrected chi connectivity index (χ0v) is 10.1. The van der Waals surface area contributed by atoms with Crippen LogP contribution in [0.1, 0.15) is 6.42 Å². The van der Waals surface area contributed by atoms with Gasteiger partial charge in [-0.05, 0) is 12.5 Å². The van der Waals surface area contributed by atoms with Crippen LogP contribution in [0.2, 0.25) is 0 Å². The third-order valence-electron chi connectivity index (χ3n) is 2.89. The van der Waals surface area contributed by atoms with Crippen LogP contribution in [0.4, 0.5) is 16.2 Å². The van der Waals surface area contributed by atoms with Gasteiger partial charge in [0, 0.05) is 25.2 Å². The molecule has 1 atom stereocenters. The van der Waals surface area contributed by atoms with E-state index in [2.05, 4.69) is 0 Å². The van der Waals surface area contributed by atoms with E-state index in [1.165, 1.54) is 17.0 Å². The molecule has 0 radical (unpaired) electrons. The van der Waals surface area contributed by atoms with E-state index in [4.69, 9.17) is 16.2 Å². The average molecular weight is 266 g/mol. The normalized spacial score (nSPS) is 18.4. The standard InChI is InChI=1S/C11H14N4O4/c12-7-3-4-14(6-7)11(16)19-10-5-8(15(17)18)1-2-9(10)13/h1-2,5,7H,3-4,6,12-13H2/t7-/m1/s1. The SMILES string of the molecule is Nc1ccc([N+](=O)[O-])cc1OC(=O)N1CC[C@@H](N)C1. The van der Waals surface area contributed by atoms with Crippen LogP contribution in [0.25, 0.3) is 0 Å². The molecule has 0 bridgehead atoms. The number of carbonyl (C=O) groups excluding carboxylic acids is 1. The molecule has 0 spiro atoms. The Balaban J connectivity index is 2.12. The van der Waals surface area contributed by atoms with Crippen LogP contribution < -0.4 is 16.2 Å². The Kier molecular flexibility index (Phi) is 3.52. The molecular weight excluding hydrogens is 252 g/mol. The summed E-state index contributed by atoms with van der Waals surface area (Å²) in [6, 6.07) is 3.65. The lowest BCUT2D eigenvalue weighted by Crippen LogP contribution is -2.34. The third-order valence-corrected chi connectivity index (χ3v) is 2.89. The number of nitro benzene ring substituents is 1. The third kappa shape index (κ3) is 2.91. The number of likely N-dealkylation sites (tertiary alicyclic amines) is 1. The zero-order valence-electron chi connectivity index (χ0n) is 10.1. The van der Waals surface area contributed by atoms with Gasteiger partial charge in [0.25, 0.3) is 5.69 Å². The lowest BCUT2D eigenvalue weighted by Gasteiger charge is -2.16. The largest absolute Gasteiger partial charge is 0.415 e. The van der Waals surface area contributed by atoms with Gasteiger partial charge in [0.1, 0.15) is 0 Å². The first-order valence-corrected chi connectivity index (χ1v) is 5.73. The van der Waals surface area contributed by atoms with Crippen LogP contribution in [0.15, 0.2) is 18.2 Å². The summed E-state index contributed by atoms with van der Waals surface area (Å²) in [5, 5.41) is 10.6. The first kappa shape index (κ1) is 13.1. The molecule has 4 N–H and O–H groups in total. The van der Waals surface area contributed by atoms with Crippen molar-refractivity contribution in [2.75, 3.05) is 18.8 Å². The molecule has 1 aliphatic heterocycles. The molecule has 1 amide bonds. The molecule has 1 aliphatic rings. The molecule has 2 rings (SSSR count). The molecule has 0 aromatic heterocycles. The van der Waals surface area contributed by atoms with Crippen molar-refractivity contribution in [3.8, 4) is 5.75 Å². The van der Waals surface area contributed by atoms with E-state index in [9.17, 15) is 14.9 Å². The van der Waals surface area contributed by atoms with Crippen molar-refractivity contribution >= 4 is 17.5 Å². The minimum Gasteiger partial charge on any atom is -0.408 e. The summed E-state index contributed by atoms with van der Waals surface area (Å²) in [5.74, 6) is -0.0142. The predicted octanol–water partition coefficient (Wildman–Crippen LogP) is 0.709. The molecule has 8 nitrogen and oxygen atoms in total. The van der Waals surface area contributed by atoms with Crippen molar-refractivity contribution in [1.82, 2.24) is 4.90 Å². The lowest BCUT2D eigenvalue weighted by atomic mass is 10.2. The summed E-state index contributed by atoms with van der Waals surface area (Å²) < 4.78 is 5.07. The van der Waals surface area contributed by atoms with Crippen molar-refractivity contribution in [2.45, 2.75) is 12.5 Å². The summed E-state index contributed by atoms with van der Waals surface area (Å²) in [5.41, 5.74) is 11.3. The number of carbonyl (C=O) groups is 1. The molecule has 0 saturated carbocycles. The number of nitrogen functional groups attached to an aromatic ring is 1. The molecule has 0 unspecified atom stereocenters. The van der Waals surface area contributed by atoms with Gasteiger partial charge >= 0.3 is 6.09 Å². The highest BCUT2D eigenvalue weighted by atomic mass is 16.6. The van der Waals surface area contributed by atoms with E-state index >= 15 is 0 Å². The molecule has 102 valence electrons. The van der Waals surface area contributed by atoms with Crippen molar-refractivity contribution in [1.29, 1.82) is 0 Å². The zero-order chi connectivity index (χ0) is 14.0. The minimum absolute atomic E-state index is 0.0142. The number of hydrogen-bond acceptors (Lipinski definition) is 6. The van der Waals surface area contributed by atoms with Gasteiger partial charge in [0.2, 0.25) is 0 Å². The molecule has 1 saturated heterocycles. The number of nitrogens with zero attached hydrogens (tertiary/aromatic N) is 2. The fourth-order valence-corrected chi connectivity index (χ4v) is 1.84. The first-order valence-electron chi connectivity index (χ1n) is 5.73. The monoisotopic (exact) mass is 266 g/mol. The fraction of sp³-hybridized carbons (Fsp3) is 0.364. The van der Waals surface area contributed by atoms with E-state index in [-0.39, 0.29) is 23.2 Å². The Morgan fingerprint density at radius 2 is 2.26 bits per heavy atom. The molecule has 8 heteroatoms. The number of hydrogen-bond donors (Lipinski definition) is 2. The molecule has 0 aliphatic carbocycles. The second-order valence-corrected chi connectivity index (χ2v) is 4.34. The van der Waals surface area contributed by atoms with Crippen molar-refractivity contribution < 1.29 is 14.5 Å². The van der Waals surface area contributed by atoms with Crippen LogP contribution in [0.5, 0.6) is 5.75 Å². The summed E-state index contributed by atoms with van der Waals surface area (Å²) in [4.78, 5) is 23.3. The van der Waals surface area contributed by atoms with Gasteiger partial charge in [-0.3, -0.25) is 10.1 Å². The lowest BCUT2D eigenvalue weighted by molar-refractivity contribution is -0.384. The summed E-state index contributed by atoms with van der Waals surface area (Å²) in [6.07, 6.45) is 0.111. The number of benzene rings is 1. The van der Waals surface area contributed by atoms with Gasteiger partial charge < -0.3 is 21.1 Å². The fourth-order valence-electron chi connectivity index (χ4n) is 1.84. The van der Waals surface area contributed by atoms with E-state index in [0.717, 1.165) is 6.07 Å². The highest BCUT2D eigenvalue weighted by Crippen LogP contribution is 2.27. The summed E-state index contributed by atoms with van der Waals surface area (Å²) >= 11 is 0. The van der Waals surface area contributed by atoms with Crippen molar-refractivity contribution in [3.05, 3.63) is 28.3 Å². The number of anilines is 1. The van der Waals surface area contributed by atoms with Crippen LogP contribution in [0, 0.1) is 10.1 Å². The topological polar surface area (TPSA) is 125 Å². The van der Waals surface area contributed by atoms with E-state index in [0.29, 0.717) is 19.5 Å². The quantitative estimate of drug-likeness (QED) is 0.461. The van der Waals surface area contributed by atoms with Crippen molar-refractivity contribution in [2.24, 2.45) is 5.73 Å². The first-order chi connectivity index (χ1) is 8.97. The molecule has 19 heavy (non-hydrogen) atoms. The highest BCUT2D eigenvalue weighted by molar-refractivity contribution is 5.74. The Morgan fingerprint density at radius 3 is 2.84 bits per heavy atom. The second-order valence-electron chi connectivity index (χ2n) is 4.34. The van der Waals surface area contributed by atoms with E-state index in [1.807, 2.05) is 0 Å².